The van der Waals surface area contributed by atoms with Gasteiger partial charge in [-0.3, -0.25) is 24.0 Å². The molecule has 0 aliphatic heterocycles. The highest BCUT2D eigenvalue weighted by Gasteiger charge is 2.08. The van der Waals surface area contributed by atoms with Crippen molar-refractivity contribution in [3.63, 3.8) is 0 Å². The predicted octanol–water partition coefficient (Wildman–Crippen LogP) is -1.69. The van der Waals surface area contributed by atoms with E-state index in [-0.39, 0.29) is 44.4 Å². The van der Waals surface area contributed by atoms with Gasteiger partial charge in [-0.25, -0.2) is 0 Å². The third-order valence-corrected chi connectivity index (χ3v) is 2.21. The van der Waals surface area contributed by atoms with Gasteiger partial charge in [0.2, 0.25) is 23.6 Å². The molecule has 0 saturated heterocycles. The molecule has 4 amide bonds. The van der Waals surface area contributed by atoms with Gasteiger partial charge in [0.1, 0.15) is 5.78 Å². The largest absolute Gasteiger partial charge is 0.348 e. The highest BCUT2D eigenvalue weighted by Crippen LogP contribution is 1.71. The summed E-state index contributed by atoms with van der Waals surface area (Å²) >= 11 is 0. The van der Waals surface area contributed by atoms with Crippen LogP contribution in [-0.4, -0.2) is 69.2 Å². The third kappa shape index (κ3) is 21.5. The Labute approximate surface area is 155 Å². The predicted molar refractivity (Wildman–Crippen MR) is 99.3 cm³/mol. The Bertz CT molecular complexity index is 441. The lowest BCUT2D eigenvalue weighted by molar-refractivity contribution is -0.128. The van der Waals surface area contributed by atoms with Gasteiger partial charge in [0.25, 0.3) is 0 Å². The van der Waals surface area contributed by atoms with Crippen LogP contribution in [0.1, 0.15) is 34.6 Å². The average Bonchev–Trinajstić information content (AvgIpc) is 2.64. The van der Waals surface area contributed by atoms with Crippen LogP contribution in [0.25, 0.3) is 0 Å². The van der Waals surface area contributed by atoms with E-state index in [2.05, 4.69) is 26.6 Å². The van der Waals surface area contributed by atoms with Crippen LogP contribution in [-0.2, 0) is 24.0 Å². The molecule has 0 aromatic heterocycles. The van der Waals surface area contributed by atoms with Crippen molar-refractivity contribution in [1.29, 1.82) is 0 Å². The molecule has 0 aliphatic carbocycles. The molecule has 0 saturated carbocycles. The lowest BCUT2D eigenvalue weighted by Crippen LogP contribution is -2.45. The van der Waals surface area contributed by atoms with Crippen LogP contribution >= 0.6 is 0 Å². The number of hydrogen-bond donors (Lipinski definition) is 5. The number of likely N-dealkylation sites (N-methyl/N-ethyl adjacent to an activating group) is 1. The molecule has 0 spiro atoms. The molecule has 5 N–H and O–H groups in total. The van der Waals surface area contributed by atoms with Gasteiger partial charge in [0.05, 0.1) is 32.7 Å². The summed E-state index contributed by atoms with van der Waals surface area (Å²) in [6.45, 7) is 8.46. The van der Waals surface area contributed by atoms with E-state index >= 15 is 0 Å². The standard InChI is InChI=1S/C12H21N5O5.2C2H6/c1-8(18)3-14-10(20)5-16-12(22)7-17-11(21)6-15-9(19)4-13-2;2*1-2/h13H,3-7H2,1-2H3,(H,14,20)(H,15,19)(H,16,22)(H,17,21);2*1-2H3. The summed E-state index contributed by atoms with van der Waals surface area (Å²) in [4.78, 5) is 55.6. The summed E-state index contributed by atoms with van der Waals surface area (Å²) in [5, 5.41) is 11.8. The monoisotopic (exact) mass is 375 g/mol. The molecule has 152 valence electrons. The van der Waals surface area contributed by atoms with Gasteiger partial charge in [-0.05, 0) is 14.0 Å². The van der Waals surface area contributed by atoms with Gasteiger partial charge in [-0.1, -0.05) is 27.7 Å². The first-order valence-electron chi connectivity index (χ1n) is 8.56. The highest BCUT2D eigenvalue weighted by atomic mass is 16.2. The van der Waals surface area contributed by atoms with E-state index in [1.807, 2.05) is 27.7 Å². The summed E-state index contributed by atoms with van der Waals surface area (Å²) in [6, 6.07) is 0. The molecule has 0 fully saturated rings. The molecule has 0 heterocycles. The first-order valence-corrected chi connectivity index (χ1v) is 8.56. The van der Waals surface area contributed by atoms with Crippen molar-refractivity contribution < 1.29 is 24.0 Å². The van der Waals surface area contributed by atoms with Gasteiger partial charge < -0.3 is 26.6 Å². The summed E-state index contributed by atoms with van der Waals surface area (Å²) in [5.41, 5.74) is 0. The summed E-state index contributed by atoms with van der Waals surface area (Å²) in [7, 11) is 1.59. The molecular formula is C16H33N5O5. The molecule has 10 nitrogen and oxygen atoms in total. The molecule has 0 aromatic carbocycles. The molecule has 0 rings (SSSR count). The van der Waals surface area contributed by atoms with Crippen molar-refractivity contribution >= 4 is 29.4 Å². The zero-order valence-electron chi connectivity index (χ0n) is 16.6. The molecule has 0 atom stereocenters. The number of hydrogen-bond acceptors (Lipinski definition) is 6. The first-order chi connectivity index (χ1) is 12.3. The zero-order chi connectivity index (χ0) is 21.0. The van der Waals surface area contributed by atoms with Crippen molar-refractivity contribution in [2.24, 2.45) is 0 Å². The summed E-state index contributed by atoms with van der Waals surface area (Å²) in [5.74, 6) is -2.14. The molecule has 0 radical (unpaired) electrons. The van der Waals surface area contributed by atoms with Gasteiger partial charge in [0.15, 0.2) is 0 Å². The third-order valence-electron chi connectivity index (χ3n) is 2.21. The number of carbonyl (C=O) groups is 5. The van der Waals surface area contributed by atoms with Crippen molar-refractivity contribution in [2.75, 3.05) is 39.8 Å². The number of Topliss-reactive ketones (excluding diaryl/α,β-unsaturated/α-hetero) is 1. The quantitative estimate of drug-likeness (QED) is 0.308. The Hall–Kier alpha value is -2.49. The van der Waals surface area contributed by atoms with Crippen molar-refractivity contribution in [1.82, 2.24) is 26.6 Å². The lowest BCUT2D eigenvalue weighted by Gasteiger charge is -2.08. The molecule has 10 heteroatoms. The number of carbonyl (C=O) groups excluding carboxylic acids is 5. The second kappa shape index (κ2) is 20.6. The van der Waals surface area contributed by atoms with Crippen LogP contribution in [0, 0.1) is 0 Å². The number of rotatable bonds is 10. The normalized spacial score (nSPS) is 8.54. The zero-order valence-corrected chi connectivity index (χ0v) is 16.6. The molecular weight excluding hydrogens is 342 g/mol. The number of amides is 4. The number of ketones is 1. The fourth-order valence-electron chi connectivity index (χ4n) is 1.17. The van der Waals surface area contributed by atoms with E-state index < -0.39 is 17.7 Å². The van der Waals surface area contributed by atoms with Crippen LogP contribution < -0.4 is 26.6 Å². The van der Waals surface area contributed by atoms with Crippen LogP contribution in [0.2, 0.25) is 0 Å². The van der Waals surface area contributed by atoms with E-state index in [0.29, 0.717) is 0 Å². The lowest BCUT2D eigenvalue weighted by atomic mass is 10.4. The van der Waals surface area contributed by atoms with E-state index in [1.165, 1.54) is 6.92 Å². The average molecular weight is 375 g/mol. The molecule has 26 heavy (non-hydrogen) atoms. The Balaban J connectivity index is -0.00000123. The van der Waals surface area contributed by atoms with Crippen LogP contribution in [0.5, 0.6) is 0 Å². The van der Waals surface area contributed by atoms with E-state index in [4.69, 9.17) is 0 Å². The first kappa shape index (κ1) is 28.3. The van der Waals surface area contributed by atoms with Crippen LogP contribution in [0.15, 0.2) is 0 Å². The van der Waals surface area contributed by atoms with Crippen LogP contribution in [0.3, 0.4) is 0 Å². The maximum absolute atomic E-state index is 11.4. The Morgan fingerprint density at radius 3 is 1.08 bits per heavy atom. The maximum Gasteiger partial charge on any atom is 0.239 e. The van der Waals surface area contributed by atoms with Crippen molar-refractivity contribution in [2.45, 2.75) is 34.6 Å². The SMILES string of the molecule is CC.CC.CNCC(=O)NCC(=O)NCC(=O)NCC(=O)NCC(C)=O. The minimum atomic E-state index is -0.562. The van der Waals surface area contributed by atoms with Gasteiger partial charge in [-0.2, -0.15) is 0 Å². The Morgan fingerprint density at radius 1 is 0.538 bits per heavy atom. The number of nitrogens with one attached hydrogen (secondary N) is 5. The smallest absolute Gasteiger partial charge is 0.239 e. The van der Waals surface area contributed by atoms with Gasteiger partial charge in [-0.15, -0.1) is 0 Å². The molecule has 0 bridgehead atoms. The molecule has 0 aliphatic rings. The topological polar surface area (TPSA) is 146 Å². The second-order valence-electron chi connectivity index (χ2n) is 4.34. The summed E-state index contributed by atoms with van der Waals surface area (Å²) in [6.07, 6.45) is 0. The minimum Gasteiger partial charge on any atom is -0.348 e. The summed E-state index contributed by atoms with van der Waals surface area (Å²) < 4.78 is 0. The highest BCUT2D eigenvalue weighted by molar-refractivity contribution is 5.91. The molecule has 0 unspecified atom stereocenters. The van der Waals surface area contributed by atoms with Crippen LogP contribution in [0.4, 0.5) is 0 Å². The fraction of sp³-hybridized carbons (Fsp3) is 0.688. The molecule has 0 aromatic rings. The minimum absolute atomic E-state index is 0.0864. The Morgan fingerprint density at radius 2 is 0.808 bits per heavy atom. The van der Waals surface area contributed by atoms with E-state index in [0.717, 1.165) is 0 Å². The Kier molecular flexibility index (Phi) is 22.4. The van der Waals surface area contributed by atoms with E-state index in [9.17, 15) is 24.0 Å². The van der Waals surface area contributed by atoms with E-state index in [1.54, 1.807) is 7.05 Å². The van der Waals surface area contributed by atoms with Gasteiger partial charge >= 0.3 is 0 Å². The fourth-order valence-corrected chi connectivity index (χ4v) is 1.17. The second-order valence-corrected chi connectivity index (χ2v) is 4.34. The van der Waals surface area contributed by atoms with Crippen molar-refractivity contribution in [3.8, 4) is 0 Å². The van der Waals surface area contributed by atoms with Crippen molar-refractivity contribution in [3.05, 3.63) is 0 Å². The maximum atomic E-state index is 11.4. The van der Waals surface area contributed by atoms with Gasteiger partial charge in [0, 0.05) is 0 Å².